The Balaban J connectivity index is 0.000000206. The van der Waals surface area contributed by atoms with Crippen LogP contribution in [-0.2, 0) is 26.5 Å². The summed E-state index contributed by atoms with van der Waals surface area (Å²) in [6.07, 6.45) is 3.69. The first-order valence-electron chi connectivity index (χ1n) is 24.9. The Morgan fingerprint density at radius 2 is 1.28 bits per heavy atom. The molecule has 2 nitrogen and oxygen atoms in total. The van der Waals surface area contributed by atoms with E-state index in [1.165, 1.54) is 48.5 Å². The fourth-order valence-electron chi connectivity index (χ4n) is 8.22. The van der Waals surface area contributed by atoms with Crippen molar-refractivity contribution in [2.45, 2.75) is 79.3 Å². The van der Waals surface area contributed by atoms with Crippen LogP contribution >= 0.6 is 11.3 Å². The molecule has 0 aliphatic rings. The van der Waals surface area contributed by atoms with Crippen LogP contribution in [0.5, 0.6) is 0 Å². The molecule has 0 aliphatic carbocycles. The normalized spacial score (nSPS) is 13.4. The molecule has 0 N–H and O–H groups in total. The van der Waals surface area contributed by atoms with Crippen LogP contribution in [0.4, 0.5) is 0 Å². The van der Waals surface area contributed by atoms with Crippen molar-refractivity contribution < 1.29 is 28.3 Å². The zero-order valence-electron chi connectivity index (χ0n) is 43.6. The van der Waals surface area contributed by atoms with Crippen LogP contribution in [0.3, 0.4) is 0 Å². The Morgan fingerprint density at radius 3 is 1.91 bits per heavy atom. The van der Waals surface area contributed by atoms with Gasteiger partial charge in [-0.2, -0.15) is 11.3 Å². The van der Waals surface area contributed by atoms with Gasteiger partial charge in [-0.05, 0) is 104 Å². The summed E-state index contributed by atoms with van der Waals surface area (Å²) in [5, 5.41) is 3.50. The molecule has 1 radical (unpaired) electrons. The number of pyridine rings is 2. The first kappa shape index (κ1) is 39.1. The molecule has 6 aromatic carbocycles. The molecule has 3 aromatic heterocycles. The quantitative estimate of drug-likeness (QED) is 0.0953. The van der Waals surface area contributed by atoms with Crippen LogP contribution in [0.1, 0.15) is 71.3 Å². The predicted octanol–water partition coefficient (Wildman–Crippen LogP) is 16.4. The zero-order chi connectivity index (χ0) is 49.3. The van der Waals surface area contributed by atoms with Crippen LogP contribution < -0.4 is 5.19 Å². The number of aryl methyl sites for hydroxylation is 1. The van der Waals surface area contributed by atoms with Crippen molar-refractivity contribution in [2.24, 2.45) is 5.92 Å². The minimum absolute atomic E-state index is 0. The average molecular weight is 1050 g/mol. The SMILES string of the molecule is [2H]C(CC)(CC)c1ccnc(-c2[c-]cc3sc4cc(-c5ccccc5)cc(-c5ccccc5)c4c3c2)c1.[2H]C([2H])([2H])c1c[c-]c(-c2cc(C([2H])([2H])C(C)C)c([Si](C)(C)C)cn2)cc1-c1ccccc1.[Ir]. The van der Waals surface area contributed by atoms with Crippen LogP contribution in [0.2, 0.25) is 19.6 Å². The van der Waals surface area contributed by atoms with Crippen LogP contribution in [-0.4, -0.2) is 18.0 Å². The van der Waals surface area contributed by atoms with Gasteiger partial charge in [-0.15, -0.1) is 53.1 Å². The second-order valence-corrected chi connectivity index (χ2v) is 23.4. The molecule has 9 aromatic rings. The Kier molecular flexibility index (Phi) is 12.6. The van der Waals surface area contributed by atoms with Gasteiger partial charge >= 0.3 is 0 Å². The maximum Gasteiger partial charge on any atom is 0.0798 e. The maximum atomic E-state index is 8.91. The van der Waals surface area contributed by atoms with E-state index in [4.69, 9.17) is 8.22 Å². The van der Waals surface area contributed by atoms with Gasteiger partial charge in [-0.25, -0.2) is 0 Å². The van der Waals surface area contributed by atoms with E-state index in [1.54, 1.807) is 0 Å². The molecular weight excluding hydrogens is 989 g/mol. The minimum atomic E-state index is -2.27. The Morgan fingerprint density at radius 1 is 0.672 bits per heavy atom. The van der Waals surface area contributed by atoms with Gasteiger partial charge in [0.2, 0.25) is 0 Å². The first-order chi connectivity index (χ1) is 32.8. The van der Waals surface area contributed by atoms with Crippen molar-refractivity contribution in [1.29, 1.82) is 0 Å². The number of hydrogen-bond donors (Lipinski definition) is 0. The Labute approximate surface area is 408 Å². The average Bonchev–Trinajstić information content (AvgIpc) is 3.74. The van der Waals surface area contributed by atoms with Gasteiger partial charge in [0.25, 0.3) is 0 Å². The Hall–Kier alpha value is -5.29. The summed E-state index contributed by atoms with van der Waals surface area (Å²) in [4.78, 5) is 9.36. The number of rotatable bonds is 11. The fraction of sp³-hybridized carbons (Fsp3) is 0.220. The standard InChI is InChI=1S/C34H28NS.C25H30NSi.Ir/c1-3-23(4-2)26-17-18-35-31(21-26)27-15-16-32-30(19-27)34-29(25-13-9-6-10-14-25)20-28(22-33(34)36-32)24-11-7-5-8-12-24;1-18(2)14-22-16-24(26-17-25(22)27(4,5)6)21-13-12-19(3)23(15-21)20-10-8-7-9-11-20;/h5-14,16-23H,3-4H2,1-2H3;7-12,15-18H,14H2,1-6H3;/q2*-1;/i23D;3D3,14D2;. The van der Waals surface area contributed by atoms with E-state index in [1.807, 2.05) is 86.1 Å². The van der Waals surface area contributed by atoms with Crippen molar-refractivity contribution in [1.82, 2.24) is 9.97 Å². The van der Waals surface area contributed by atoms with Crippen molar-refractivity contribution >= 4 is 44.8 Å². The van der Waals surface area contributed by atoms with Crippen LogP contribution in [0.15, 0.2) is 158 Å². The van der Waals surface area contributed by atoms with Gasteiger partial charge in [0.1, 0.15) is 0 Å². The summed E-state index contributed by atoms with van der Waals surface area (Å²) < 4.78 is 52.8. The van der Waals surface area contributed by atoms with E-state index in [9.17, 15) is 0 Å². The number of benzene rings is 6. The topological polar surface area (TPSA) is 25.8 Å². The van der Waals surface area contributed by atoms with E-state index in [2.05, 4.69) is 147 Å². The summed E-state index contributed by atoms with van der Waals surface area (Å²) in [5.41, 5.74) is 11.3. The molecule has 0 bridgehead atoms. The molecule has 0 saturated carbocycles. The molecule has 9 rings (SSSR count). The molecule has 0 fully saturated rings. The second kappa shape index (κ2) is 20.7. The monoisotopic (exact) mass is 1050 g/mol. The largest absolute Gasteiger partial charge is 0.305 e. The fourth-order valence-corrected chi connectivity index (χ4v) is 10.8. The van der Waals surface area contributed by atoms with Gasteiger partial charge in [-0.1, -0.05) is 179 Å². The van der Waals surface area contributed by atoms with E-state index in [0.717, 1.165) is 40.4 Å². The maximum absolute atomic E-state index is 8.91. The third-order valence-electron chi connectivity index (χ3n) is 11.5. The number of nitrogens with zero attached hydrogens (tertiary/aromatic N) is 2. The molecule has 3 heterocycles. The number of hydrogen-bond acceptors (Lipinski definition) is 3. The van der Waals surface area contributed by atoms with Gasteiger partial charge < -0.3 is 9.97 Å². The molecule has 0 aliphatic heterocycles. The summed E-state index contributed by atoms with van der Waals surface area (Å²) in [6.45, 7) is 12.2. The number of thiophene rings is 1. The summed E-state index contributed by atoms with van der Waals surface area (Å²) in [5.74, 6) is -0.791. The van der Waals surface area contributed by atoms with Gasteiger partial charge in [0.05, 0.1) is 8.07 Å². The van der Waals surface area contributed by atoms with Gasteiger partial charge in [0.15, 0.2) is 0 Å². The molecule has 0 saturated heterocycles. The number of fused-ring (bicyclic) bond motifs is 3. The van der Waals surface area contributed by atoms with Crippen molar-refractivity contribution in [3.63, 3.8) is 0 Å². The summed E-state index contributed by atoms with van der Waals surface area (Å²) in [6, 6.07) is 55.5. The van der Waals surface area contributed by atoms with Crippen LogP contribution in [0, 0.1) is 24.9 Å². The molecule has 325 valence electrons. The molecule has 0 unspecified atom stereocenters. The molecule has 0 amide bonds. The van der Waals surface area contributed by atoms with E-state index < -0.39 is 27.2 Å². The van der Waals surface area contributed by atoms with Crippen molar-refractivity contribution in [3.8, 4) is 55.9 Å². The van der Waals surface area contributed by atoms with Crippen molar-refractivity contribution in [2.75, 3.05) is 0 Å². The smallest absolute Gasteiger partial charge is 0.0798 e. The predicted molar refractivity (Wildman–Crippen MR) is 276 cm³/mol. The molecule has 5 heteroatoms. The van der Waals surface area contributed by atoms with E-state index >= 15 is 0 Å². The third kappa shape index (κ3) is 10.5. The summed E-state index contributed by atoms with van der Waals surface area (Å²) in [7, 11) is -1.84. The van der Waals surface area contributed by atoms with Crippen LogP contribution in [0.25, 0.3) is 76.1 Å². The zero-order valence-corrected chi connectivity index (χ0v) is 41.9. The second-order valence-electron chi connectivity index (χ2n) is 17.3. The number of aromatic nitrogens is 2. The third-order valence-corrected chi connectivity index (χ3v) is 14.6. The molecule has 0 atom stereocenters. The minimum Gasteiger partial charge on any atom is -0.305 e. The Bertz CT molecular complexity index is 3240. The molecule has 0 spiro atoms. The molecular formula is C59H58IrN2SSi-2. The van der Waals surface area contributed by atoms with Gasteiger partial charge in [0, 0.05) is 45.4 Å². The van der Waals surface area contributed by atoms with E-state index in [-0.39, 0.29) is 31.6 Å². The van der Waals surface area contributed by atoms with E-state index in [0.29, 0.717) is 22.4 Å². The summed E-state index contributed by atoms with van der Waals surface area (Å²) >= 11 is 1.82. The van der Waals surface area contributed by atoms with Crippen molar-refractivity contribution in [3.05, 3.63) is 187 Å². The first-order valence-corrected chi connectivity index (χ1v) is 26.3. The van der Waals surface area contributed by atoms with Gasteiger partial charge in [-0.3, -0.25) is 0 Å². The molecule has 64 heavy (non-hydrogen) atoms.